The van der Waals surface area contributed by atoms with Crippen molar-refractivity contribution in [1.82, 2.24) is 10.2 Å². The molecule has 1 aromatic rings. The van der Waals surface area contributed by atoms with Crippen molar-refractivity contribution in [3.05, 3.63) is 22.4 Å². The van der Waals surface area contributed by atoms with E-state index in [0.717, 1.165) is 0 Å². The van der Waals surface area contributed by atoms with Crippen molar-refractivity contribution in [2.24, 2.45) is 0 Å². The average molecular weight is 227 g/mol. The van der Waals surface area contributed by atoms with Crippen LogP contribution >= 0.6 is 15.9 Å². The molecule has 6 heteroatoms. The van der Waals surface area contributed by atoms with E-state index in [1.165, 1.54) is 12.3 Å². The molecule has 60 valence electrons. The summed E-state index contributed by atoms with van der Waals surface area (Å²) in [5.41, 5.74) is -1.00. The molecule has 0 bridgehead atoms. The number of rotatable bonds is 0. The molecule has 11 heavy (non-hydrogen) atoms. The van der Waals surface area contributed by atoms with Crippen molar-refractivity contribution in [3.8, 4) is 0 Å². The molecule has 0 radical (unpaired) electrons. The predicted octanol–water partition coefficient (Wildman–Crippen LogP) is 2.26. The van der Waals surface area contributed by atoms with Gasteiger partial charge in [0.2, 0.25) is 0 Å². The number of nitrogens with zero attached hydrogens (tertiary/aromatic N) is 2. The summed E-state index contributed by atoms with van der Waals surface area (Å²) < 4.78 is 35.7. The van der Waals surface area contributed by atoms with Gasteiger partial charge in [0.05, 0.1) is 10.7 Å². The Kier molecular flexibility index (Phi) is 2.12. The molecule has 0 atom stereocenters. The van der Waals surface area contributed by atoms with Crippen LogP contribution in [0.25, 0.3) is 0 Å². The van der Waals surface area contributed by atoms with Crippen LogP contribution < -0.4 is 0 Å². The predicted molar refractivity (Wildman–Crippen MR) is 34.7 cm³/mol. The molecule has 0 aromatic carbocycles. The van der Waals surface area contributed by atoms with E-state index in [2.05, 4.69) is 26.1 Å². The molecule has 1 aromatic heterocycles. The lowest BCUT2D eigenvalue weighted by atomic mass is 10.4. The van der Waals surface area contributed by atoms with Crippen LogP contribution in [0, 0.1) is 0 Å². The van der Waals surface area contributed by atoms with Gasteiger partial charge in [0.1, 0.15) is 0 Å². The highest BCUT2D eigenvalue weighted by molar-refractivity contribution is 9.10. The van der Waals surface area contributed by atoms with Gasteiger partial charge >= 0.3 is 6.18 Å². The van der Waals surface area contributed by atoms with Gasteiger partial charge in [-0.15, -0.1) is 5.10 Å². The van der Waals surface area contributed by atoms with Crippen LogP contribution in [0.3, 0.4) is 0 Å². The normalized spacial score (nSPS) is 11.6. The molecule has 0 unspecified atom stereocenters. The highest BCUT2D eigenvalue weighted by Crippen LogP contribution is 2.31. The zero-order valence-corrected chi connectivity index (χ0v) is 6.65. The van der Waals surface area contributed by atoms with Gasteiger partial charge in [-0.3, -0.25) is 0 Å². The van der Waals surface area contributed by atoms with Crippen LogP contribution in [-0.2, 0) is 6.18 Å². The van der Waals surface area contributed by atoms with Gasteiger partial charge in [-0.25, -0.2) is 0 Å². The topological polar surface area (TPSA) is 25.8 Å². The summed E-state index contributed by atoms with van der Waals surface area (Å²) in [6.45, 7) is 0. The average Bonchev–Trinajstić information content (AvgIpc) is 1.86. The van der Waals surface area contributed by atoms with Gasteiger partial charge < -0.3 is 0 Å². The third-order valence-corrected chi connectivity index (χ3v) is 1.58. The SMILES string of the molecule is FC(F)(F)c1nnccc1Br. The summed E-state index contributed by atoms with van der Waals surface area (Å²) in [7, 11) is 0. The molecule has 0 fully saturated rings. The van der Waals surface area contributed by atoms with Crippen molar-refractivity contribution >= 4 is 15.9 Å². The third-order valence-electron chi connectivity index (χ3n) is 0.940. The molecule has 0 saturated heterocycles. The zero-order chi connectivity index (χ0) is 8.48. The summed E-state index contributed by atoms with van der Waals surface area (Å²) in [5, 5.41) is 6.04. The fourth-order valence-electron chi connectivity index (χ4n) is 0.509. The molecule has 0 aliphatic heterocycles. The molecule has 0 saturated carbocycles. The number of halogens is 4. The molecule has 0 aliphatic carbocycles. The molecular formula is C5H2BrF3N2. The fraction of sp³-hybridized carbons (Fsp3) is 0.200. The van der Waals surface area contributed by atoms with E-state index in [9.17, 15) is 13.2 Å². The van der Waals surface area contributed by atoms with E-state index < -0.39 is 11.9 Å². The van der Waals surface area contributed by atoms with E-state index in [1.807, 2.05) is 0 Å². The standard InChI is InChI=1S/C5H2BrF3N2/c6-3-1-2-10-11-4(3)5(7,8)9/h1-2H. The highest BCUT2D eigenvalue weighted by atomic mass is 79.9. The van der Waals surface area contributed by atoms with E-state index in [0.29, 0.717) is 0 Å². The van der Waals surface area contributed by atoms with Crippen molar-refractivity contribution in [2.75, 3.05) is 0 Å². The Labute approximate surface area is 68.6 Å². The number of aromatic nitrogens is 2. The first-order valence-electron chi connectivity index (χ1n) is 2.56. The Hall–Kier alpha value is -0.650. The Morgan fingerprint density at radius 2 is 2.00 bits per heavy atom. The maximum atomic E-state index is 11.9. The second-order valence-electron chi connectivity index (χ2n) is 1.73. The van der Waals surface area contributed by atoms with Gasteiger partial charge in [0, 0.05) is 0 Å². The molecule has 1 heterocycles. The van der Waals surface area contributed by atoms with Crippen molar-refractivity contribution < 1.29 is 13.2 Å². The van der Waals surface area contributed by atoms with Crippen molar-refractivity contribution in [2.45, 2.75) is 6.18 Å². The molecule has 0 amide bonds. The minimum Gasteiger partial charge on any atom is -0.164 e. The second kappa shape index (κ2) is 2.77. The first kappa shape index (κ1) is 8.45. The molecule has 2 nitrogen and oxygen atoms in total. The van der Waals surface area contributed by atoms with Crippen LogP contribution in [-0.4, -0.2) is 10.2 Å². The van der Waals surface area contributed by atoms with Gasteiger partial charge in [-0.2, -0.15) is 18.3 Å². The molecule has 1 rings (SSSR count). The molecular weight excluding hydrogens is 225 g/mol. The lowest BCUT2D eigenvalue weighted by Crippen LogP contribution is -2.09. The number of hydrogen-bond donors (Lipinski definition) is 0. The number of hydrogen-bond acceptors (Lipinski definition) is 2. The fourth-order valence-corrected chi connectivity index (χ4v) is 0.931. The van der Waals surface area contributed by atoms with E-state index in [1.54, 1.807) is 0 Å². The Morgan fingerprint density at radius 3 is 2.36 bits per heavy atom. The van der Waals surface area contributed by atoms with E-state index in [-0.39, 0.29) is 4.47 Å². The number of alkyl halides is 3. The molecule has 0 N–H and O–H groups in total. The quantitative estimate of drug-likeness (QED) is 0.679. The lowest BCUT2D eigenvalue weighted by Gasteiger charge is -2.04. The van der Waals surface area contributed by atoms with Crippen LogP contribution in [0.15, 0.2) is 16.7 Å². The summed E-state index contributed by atoms with van der Waals surface area (Å²) in [6, 6.07) is 1.19. The maximum absolute atomic E-state index is 11.9. The van der Waals surface area contributed by atoms with E-state index >= 15 is 0 Å². The first-order chi connectivity index (χ1) is 5.02. The van der Waals surface area contributed by atoms with Gasteiger partial charge in [0.25, 0.3) is 0 Å². The van der Waals surface area contributed by atoms with E-state index in [4.69, 9.17) is 0 Å². The van der Waals surface area contributed by atoms with Gasteiger partial charge in [-0.05, 0) is 22.0 Å². The van der Waals surface area contributed by atoms with Gasteiger partial charge in [0.15, 0.2) is 5.69 Å². The van der Waals surface area contributed by atoms with Crippen LogP contribution in [0.4, 0.5) is 13.2 Å². The maximum Gasteiger partial charge on any atom is 0.436 e. The monoisotopic (exact) mass is 226 g/mol. The van der Waals surface area contributed by atoms with Crippen molar-refractivity contribution in [1.29, 1.82) is 0 Å². The highest BCUT2D eigenvalue weighted by Gasteiger charge is 2.35. The lowest BCUT2D eigenvalue weighted by molar-refractivity contribution is -0.142. The first-order valence-corrected chi connectivity index (χ1v) is 3.35. The largest absolute Gasteiger partial charge is 0.436 e. The van der Waals surface area contributed by atoms with Crippen LogP contribution in [0.5, 0.6) is 0 Å². The molecule has 0 spiro atoms. The van der Waals surface area contributed by atoms with Crippen molar-refractivity contribution in [3.63, 3.8) is 0 Å². The Bertz CT molecular complexity index is 260. The van der Waals surface area contributed by atoms with Crippen LogP contribution in [0.1, 0.15) is 5.69 Å². The van der Waals surface area contributed by atoms with Crippen LogP contribution in [0.2, 0.25) is 0 Å². The Balaban J connectivity index is 3.14. The zero-order valence-electron chi connectivity index (χ0n) is 5.06. The smallest absolute Gasteiger partial charge is 0.164 e. The Morgan fingerprint density at radius 1 is 1.36 bits per heavy atom. The summed E-state index contributed by atoms with van der Waals surface area (Å²) in [5.74, 6) is 0. The summed E-state index contributed by atoms with van der Waals surface area (Å²) in [6.07, 6.45) is -3.26. The minimum absolute atomic E-state index is 0.0972. The third kappa shape index (κ3) is 1.89. The van der Waals surface area contributed by atoms with Gasteiger partial charge in [-0.1, -0.05) is 0 Å². The summed E-state index contributed by atoms with van der Waals surface area (Å²) >= 11 is 2.71. The summed E-state index contributed by atoms with van der Waals surface area (Å²) in [4.78, 5) is 0. The minimum atomic E-state index is -4.44. The molecule has 0 aliphatic rings. The second-order valence-corrected chi connectivity index (χ2v) is 2.58.